The van der Waals surface area contributed by atoms with E-state index in [4.69, 9.17) is 4.74 Å². The van der Waals surface area contributed by atoms with E-state index < -0.39 is 11.6 Å². The lowest BCUT2D eigenvalue weighted by Gasteiger charge is -2.19. The van der Waals surface area contributed by atoms with Crippen LogP contribution in [0.4, 0.5) is 4.79 Å². The molecule has 2 N–H and O–H groups in total. The van der Waals surface area contributed by atoms with Crippen molar-refractivity contribution in [2.24, 2.45) is 0 Å². The maximum atomic E-state index is 11.2. The Hall–Kier alpha value is -1.64. The number of nitrogens with one attached hydrogen (secondary N) is 1. The Balaban J connectivity index is 2.13. The number of carbonyl (C=O) groups excluding carboxylic acids is 1. The number of carbonyl (C=O) groups is 1. The van der Waals surface area contributed by atoms with Crippen LogP contribution in [0.2, 0.25) is 0 Å². The molecule has 98 valence electrons. The van der Waals surface area contributed by atoms with E-state index in [1.54, 1.807) is 18.3 Å². The first-order chi connectivity index (χ1) is 8.99. The van der Waals surface area contributed by atoms with Gasteiger partial charge in [0, 0.05) is 11.6 Å². The third kappa shape index (κ3) is 1.97. The molecule has 0 aliphatic carbocycles. The highest BCUT2D eigenvalue weighted by Gasteiger charge is 2.39. The number of rotatable bonds is 1. The molecule has 1 aromatic heterocycles. The molecule has 1 aliphatic heterocycles. The van der Waals surface area contributed by atoms with Crippen LogP contribution in [-0.4, -0.2) is 27.8 Å². The molecule has 0 bridgehead atoms. The Morgan fingerprint density at radius 3 is 3.00 bits per heavy atom. The smallest absolute Gasteiger partial charge is 0.408 e. The van der Waals surface area contributed by atoms with Gasteiger partial charge in [-0.1, -0.05) is 0 Å². The van der Waals surface area contributed by atoms with Crippen LogP contribution in [-0.2, 0) is 10.3 Å². The zero-order valence-corrected chi connectivity index (χ0v) is 12.1. The molecule has 2 aromatic rings. The zero-order valence-electron chi connectivity index (χ0n) is 9.98. The van der Waals surface area contributed by atoms with Gasteiger partial charge in [-0.05, 0) is 41.6 Å². The predicted molar refractivity (Wildman–Crippen MR) is 75.8 cm³/mol. The van der Waals surface area contributed by atoms with E-state index in [2.05, 4.69) is 15.3 Å². The van der Waals surface area contributed by atoms with Crippen molar-refractivity contribution >= 4 is 39.6 Å². The number of ether oxygens (including phenoxy) is 1. The normalized spacial score (nSPS) is 22.3. The van der Waals surface area contributed by atoms with Crippen LogP contribution >= 0.6 is 22.6 Å². The fraction of sp³-hybridized carbons (Fsp3) is 0.250. The van der Waals surface area contributed by atoms with Crippen molar-refractivity contribution in [1.29, 1.82) is 0 Å². The van der Waals surface area contributed by atoms with Crippen molar-refractivity contribution in [1.82, 2.24) is 15.3 Å². The fourth-order valence-corrected chi connectivity index (χ4v) is 2.55. The molecule has 1 atom stereocenters. The molecule has 0 radical (unpaired) electrons. The quantitative estimate of drug-likeness (QED) is 0.749. The van der Waals surface area contributed by atoms with Gasteiger partial charge in [-0.25, -0.2) is 14.8 Å². The summed E-state index contributed by atoms with van der Waals surface area (Å²) in [6.07, 6.45) is 1.18. The number of hydrogen-bond acceptors (Lipinski definition) is 5. The van der Waals surface area contributed by atoms with E-state index in [-0.39, 0.29) is 12.4 Å². The van der Waals surface area contributed by atoms with Crippen molar-refractivity contribution in [3.63, 3.8) is 0 Å². The average molecular weight is 371 g/mol. The first-order valence-electron chi connectivity index (χ1n) is 5.59. The molecule has 19 heavy (non-hydrogen) atoms. The average Bonchev–Trinajstić information content (AvgIpc) is 2.75. The minimum Gasteiger partial charge on any atom is -0.507 e. The van der Waals surface area contributed by atoms with Crippen LogP contribution in [0.3, 0.4) is 0 Å². The molecule has 0 spiro atoms. The molecule has 2 heterocycles. The number of aromatic nitrogens is 2. The summed E-state index contributed by atoms with van der Waals surface area (Å²) in [6.45, 7) is 2.01. The zero-order chi connectivity index (χ0) is 13.6. The first kappa shape index (κ1) is 12.4. The third-order valence-corrected chi connectivity index (χ3v) is 4.18. The van der Waals surface area contributed by atoms with Crippen molar-refractivity contribution in [2.45, 2.75) is 12.5 Å². The number of alkyl carbamates (subject to hydrolysis) is 1. The molecular weight excluding hydrogens is 361 g/mol. The summed E-state index contributed by atoms with van der Waals surface area (Å²) in [5.41, 5.74) is 0.00350. The van der Waals surface area contributed by atoms with Gasteiger partial charge in [0.15, 0.2) is 5.82 Å². The van der Waals surface area contributed by atoms with Crippen LogP contribution in [0.1, 0.15) is 12.7 Å². The molecule has 1 unspecified atom stereocenters. The lowest BCUT2D eigenvalue weighted by Crippen LogP contribution is -2.39. The number of halogens is 1. The topological polar surface area (TPSA) is 84.3 Å². The number of aromatic hydroxyl groups is 1. The molecule has 1 amide bonds. The van der Waals surface area contributed by atoms with Gasteiger partial charge in [-0.3, -0.25) is 0 Å². The van der Waals surface area contributed by atoms with E-state index in [1.165, 1.54) is 0 Å². The van der Waals surface area contributed by atoms with Crippen LogP contribution in [0, 0.1) is 3.57 Å². The van der Waals surface area contributed by atoms with E-state index in [0.717, 1.165) is 10.9 Å². The number of cyclic esters (lactones) is 1. The van der Waals surface area contributed by atoms with Gasteiger partial charge in [-0.2, -0.15) is 0 Å². The predicted octanol–water partition coefficient (Wildman–Crippen LogP) is 1.89. The highest BCUT2D eigenvalue weighted by Crippen LogP contribution is 2.29. The molecule has 3 rings (SSSR count). The lowest BCUT2D eigenvalue weighted by molar-refractivity contribution is 0.172. The van der Waals surface area contributed by atoms with E-state index in [9.17, 15) is 9.90 Å². The maximum absolute atomic E-state index is 11.2. The Kier molecular flexibility index (Phi) is 2.73. The highest BCUT2D eigenvalue weighted by atomic mass is 127. The van der Waals surface area contributed by atoms with Gasteiger partial charge in [-0.15, -0.1) is 0 Å². The van der Waals surface area contributed by atoms with Crippen molar-refractivity contribution in [3.05, 3.63) is 27.7 Å². The SMILES string of the molecule is CC1(c2ncc3c(I)c(O)ccc3n2)COC(=O)N1. The Morgan fingerprint density at radius 2 is 2.32 bits per heavy atom. The second-order valence-corrected chi connectivity index (χ2v) is 5.64. The van der Waals surface area contributed by atoms with E-state index >= 15 is 0 Å². The summed E-state index contributed by atoms with van der Waals surface area (Å²) in [6, 6.07) is 3.31. The molecule has 7 heteroatoms. The van der Waals surface area contributed by atoms with Crippen molar-refractivity contribution < 1.29 is 14.6 Å². The minimum atomic E-state index is -0.714. The summed E-state index contributed by atoms with van der Waals surface area (Å²) in [7, 11) is 0. The largest absolute Gasteiger partial charge is 0.507 e. The number of benzene rings is 1. The van der Waals surface area contributed by atoms with Crippen LogP contribution in [0.5, 0.6) is 5.75 Å². The maximum Gasteiger partial charge on any atom is 0.408 e. The number of nitrogens with zero attached hydrogens (tertiary/aromatic N) is 2. The number of phenols is 1. The molecule has 1 aromatic carbocycles. The number of phenolic OH excluding ortho intramolecular Hbond substituents is 1. The Labute approximate surface area is 122 Å². The van der Waals surface area contributed by atoms with Gasteiger partial charge >= 0.3 is 6.09 Å². The minimum absolute atomic E-state index is 0.201. The standard InChI is InChI=1S/C12H10IN3O3/c1-12(5-19-11(18)16-12)10-14-4-6-7(15-10)2-3-8(17)9(6)13/h2-4,17H,5H2,1H3,(H,16,18). The fourth-order valence-electron chi connectivity index (χ4n) is 1.95. The summed E-state index contributed by atoms with van der Waals surface area (Å²) in [5.74, 6) is 0.695. The Morgan fingerprint density at radius 1 is 1.53 bits per heavy atom. The first-order valence-corrected chi connectivity index (χ1v) is 6.67. The molecular formula is C12H10IN3O3. The summed E-state index contributed by atoms with van der Waals surface area (Å²) < 4.78 is 5.61. The van der Waals surface area contributed by atoms with E-state index in [1.807, 2.05) is 29.5 Å². The molecule has 6 nitrogen and oxygen atoms in total. The van der Waals surface area contributed by atoms with E-state index in [0.29, 0.717) is 9.39 Å². The second-order valence-electron chi connectivity index (χ2n) is 4.56. The number of hydrogen-bond donors (Lipinski definition) is 2. The van der Waals surface area contributed by atoms with Gasteiger partial charge in [0.05, 0.1) is 9.09 Å². The summed E-state index contributed by atoms with van der Waals surface area (Å²) >= 11 is 2.05. The molecule has 1 fully saturated rings. The number of amides is 1. The number of fused-ring (bicyclic) bond motifs is 1. The van der Waals surface area contributed by atoms with Gasteiger partial charge in [0.25, 0.3) is 0 Å². The summed E-state index contributed by atoms with van der Waals surface area (Å²) in [4.78, 5) is 19.9. The molecule has 1 aliphatic rings. The monoisotopic (exact) mass is 371 g/mol. The second kappa shape index (κ2) is 4.19. The van der Waals surface area contributed by atoms with Crippen LogP contribution in [0.25, 0.3) is 10.9 Å². The lowest BCUT2D eigenvalue weighted by atomic mass is 10.0. The summed E-state index contributed by atoms with van der Waals surface area (Å²) in [5, 5.41) is 13.1. The Bertz CT molecular complexity index is 691. The highest BCUT2D eigenvalue weighted by molar-refractivity contribution is 14.1. The van der Waals surface area contributed by atoms with Crippen LogP contribution in [0.15, 0.2) is 18.3 Å². The molecule has 1 saturated heterocycles. The van der Waals surface area contributed by atoms with Gasteiger partial charge < -0.3 is 15.2 Å². The van der Waals surface area contributed by atoms with Crippen molar-refractivity contribution in [3.8, 4) is 5.75 Å². The van der Waals surface area contributed by atoms with Crippen molar-refractivity contribution in [2.75, 3.05) is 6.61 Å². The molecule has 0 saturated carbocycles. The third-order valence-electron chi connectivity index (χ3n) is 3.04. The van der Waals surface area contributed by atoms with Crippen LogP contribution < -0.4 is 5.32 Å². The van der Waals surface area contributed by atoms with Gasteiger partial charge in [0.1, 0.15) is 17.9 Å². The van der Waals surface area contributed by atoms with Gasteiger partial charge in [0.2, 0.25) is 0 Å².